The normalized spacial score (nSPS) is 29.0. The van der Waals surface area contributed by atoms with Crippen LogP contribution in [0.2, 0.25) is 0 Å². The Morgan fingerprint density at radius 3 is 2.04 bits per heavy atom. The summed E-state index contributed by atoms with van der Waals surface area (Å²) in [5.41, 5.74) is 7.77. The second-order valence-corrected chi connectivity index (χ2v) is 8.33. The van der Waals surface area contributed by atoms with Gasteiger partial charge in [0.15, 0.2) is 0 Å². The summed E-state index contributed by atoms with van der Waals surface area (Å²) >= 11 is 0. The topological polar surface area (TPSA) is 87.5 Å². The minimum absolute atomic E-state index is 0. The number of amides is 3. The second-order valence-electron chi connectivity index (χ2n) is 8.33. The highest BCUT2D eigenvalue weighted by atomic mass is 35.5. The first-order valence-electron chi connectivity index (χ1n) is 10.3. The molecule has 0 aromatic heterocycles. The minimum atomic E-state index is -0.0637. The van der Waals surface area contributed by atoms with Crippen LogP contribution in [0.3, 0.4) is 0 Å². The molecule has 2 aliphatic carbocycles. The van der Waals surface area contributed by atoms with Gasteiger partial charge in [-0.25, -0.2) is 4.79 Å². The zero-order valence-electron chi connectivity index (χ0n) is 16.2. The van der Waals surface area contributed by atoms with E-state index in [1.54, 1.807) is 0 Å². The Morgan fingerprint density at radius 1 is 0.893 bits per heavy atom. The molecule has 3 aliphatic rings. The van der Waals surface area contributed by atoms with Gasteiger partial charge in [-0.15, -0.1) is 12.4 Å². The molecule has 6 nitrogen and oxygen atoms in total. The van der Waals surface area contributed by atoms with Crippen LogP contribution < -0.4 is 16.4 Å². The molecule has 4 N–H and O–H groups in total. The lowest BCUT2D eigenvalue weighted by Crippen LogP contribution is -2.42. The summed E-state index contributed by atoms with van der Waals surface area (Å²) in [6.07, 6.45) is 7.93. The minimum Gasteiger partial charge on any atom is -0.327 e. The highest BCUT2D eigenvalue weighted by molar-refractivity contribution is 5.94. The van der Waals surface area contributed by atoms with Crippen molar-refractivity contribution >= 4 is 35.7 Å². The van der Waals surface area contributed by atoms with Crippen LogP contribution in [0.4, 0.5) is 16.2 Å². The number of hydrogen-bond donors (Lipinski definition) is 3. The van der Waals surface area contributed by atoms with Crippen molar-refractivity contribution in [3.05, 3.63) is 24.3 Å². The van der Waals surface area contributed by atoms with Crippen molar-refractivity contribution in [2.45, 2.75) is 51.0 Å². The summed E-state index contributed by atoms with van der Waals surface area (Å²) < 4.78 is 0. The van der Waals surface area contributed by atoms with Crippen LogP contribution in [0.1, 0.15) is 44.9 Å². The number of carbonyl (C=O) groups is 2. The maximum absolute atomic E-state index is 12.6. The zero-order valence-corrected chi connectivity index (χ0v) is 17.0. The monoisotopic (exact) mass is 406 g/mol. The van der Waals surface area contributed by atoms with Crippen LogP contribution in [0.15, 0.2) is 24.3 Å². The Balaban J connectivity index is 0.00000225. The van der Waals surface area contributed by atoms with Crippen molar-refractivity contribution < 1.29 is 9.59 Å². The molecular weight excluding hydrogens is 376 g/mol. The molecule has 7 heteroatoms. The molecule has 1 aliphatic heterocycles. The Morgan fingerprint density at radius 2 is 1.46 bits per heavy atom. The molecule has 1 aromatic carbocycles. The van der Waals surface area contributed by atoms with Gasteiger partial charge in [0.2, 0.25) is 5.91 Å². The van der Waals surface area contributed by atoms with Crippen LogP contribution in [-0.4, -0.2) is 36.0 Å². The predicted octanol–water partition coefficient (Wildman–Crippen LogP) is 3.83. The van der Waals surface area contributed by atoms with Gasteiger partial charge in [-0.05, 0) is 68.2 Å². The van der Waals surface area contributed by atoms with E-state index in [1.807, 2.05) is 29.2 Å². The molecule has 154 valence electrons. The lowest BCUT2D eigenvalue weighted by Gasteiger charge is -2.27. The van der Waals surface area contributed by atoms with Gasteiger partial charge >= 0.3 is 6.03 Å². The maximum Gasteiger partial charge on any atom is 0.321 e. The Labute approximate surface area is 173 Å². The molecule has 4 rings (SSSR count). The summed E-state index contributed by atoms with van der Waals surface area (Å²) in [6, 6.07) is 7.32. The van der Waals surface area contributed by atoms with E-state index in [0.717, 1.165) is 50.1 Å². The Bertz CT molecular complexity index is 686. The third-order valence-electron chi connectivity index (χ3n) is 6.58. The van der Waals surface area contributed by atoms with Gasteiger partial charge in [0, 0.05) is 30.5 Å². The summed E-state index contributed by atoms with van der Waals surface area (Å²) in [6.45, 7) is 1.65. The molecule has 2 saturated carbocycles. The summed E-state index contributed by atoms with van der Waals surface area (Å²) in [5.74, 6) is 0.932. The highest BCUT2D eigenvalue weighted by Gasteiger charge is 2.49. The first-order chi connectivity index (χ1) is 13.1. The molecule has 0 spiro atoms. The Kier molecular flexibility index (Phi) is 6.83. The number of nitrogens with two attached hydrogens (primary N) is 1. The fraction of sp³-hybridized carbons (Fsp3) is 0.619. The fourth-order valence-corrected chi connectivity index (χ4v) is 5.06. The number of likely N-dealkylation sites (tertiary alicyclic amines) is 1. The van der Waals surface area contributed by atoms with Gasteiger partial charge in [0.1, 0.15) is 0 Å². The lowest BCUT2D eigenvalue weighted by atomic mass is 9.84. The van der Waals surface area contributed by atoms with Gasteiger partial charge in [0.05, 0.1) is 5.92 Å². The summed E-state index contributed by atoms with van der Waals surface area (Å²) in [4.78, 5) is 26.9. The van der Waals surface area contributed by atoms with Gasteiger partial charge in [0.25, 0.3) is 0 Å². The van der Waals surface area contributed by atoms with Gasteiger partial charge in [-0.1, -0.05) is 12.8 Å². The van der Waals surface area contributed by atoms with E-state index >= 15 is 0 Å². The second kappa shape index (κ2) is 9.14. The average molecular weight is 407 g/mol. The smallest absolute Gasteiger partial charge is 0.321 e. The maximum atomic E-state index is 12.6. The molecule has 4 unspecified atom stereocenters. The molecule has 3 amide bonds. The molecule has 28 heavy (non-hydrogen) atoms. The average Bonchev–Trinajstić information content (AvgIpc) is 3.13. The first-order valence-corrected chi connectivity index (χ1v) is 10.3. The Hall–Kier alpha value is -1.79. The number of nitrogens with zero attached hydrogens (tertiary/aromatic N) is 1. The largest absolute Gasteiger partial charge is 0.327 e. The van der Waals surface area contributed by atoms with Crippen LogP contribution in [-0.2, 0) is 4.79 Å². The van der Waals surface area contributed by atoms with E-state index in [9.17, 15) is 9.59 Å². The number of fused-ring (bicyclic) bond motifs is 2. The van der Waals surface area contributed by atoms with Crippen molar-refractivity contribution in [1.82, 2.24) is 4.90 Å². The van der Waals surface area contributed by atoms with Crippen molar-refractivity contribution in [1.29, 1.82) is 0 Å². The van der Waals surface area contributed by atoms with Crippen molar-refractivity contribution in [3.63, 3.8) is 0 Å². The van der Waals surface area contributed by atoms with Crippen molar-refractivity contribution in [3.8, 4) is 0 Å². The van der Waals surface area contributed by atoms with E-state index in [0.29, 0.717) is 11.8 Å². The van der Waals surface area contributed by atoms with E-state index in [4.69, 9.17) is 5.73 Å². The van der Waals surface area contributed by atoms with E-state index < -0.39 is 0 Å². The van der Waals surface area contributed by atoms with Crippen LogP contribution in [0.5, 0.6) is 0 Å². The first kappa shape index (κ1) is 20.9. The van der Waals surface area contributed by atoms with Crippen molar-refractivity contribution in [2.24, 2.45) is 23.5 Å². The number of halogens is 1. The van der Waals surface area contributed by atoms with Gasteiger partial charge in [-0.3, -0.25) is 4.79 Å². The molecule has 1 saturated heterocycles. The molecule has 0 radical (unpaired) electrons. The molecule has 1 heterocycles. The predicted molar refractivity (Wildman–Crippen MR) is 114 cm³/mol. The quantitative estimate of drug-likeness (QED) is 0.712. The SMILES string of the molecule is Cl.NC1C2CCC(C2)C1C(=O)Nc1ccc(NC(=O)N2CCCCCC2)cc1. The molecule has 4 atom stereocenters. The standard InChI is InChI=1S/C21H30N4O2.ClH/c22-19-15-6-5-14(13-15)18(19)20(26)23-16-7-9-17(10-8-16)24-21(27)25-11-3-1-2-4-12-25;/h7-10,14-15,18-19H,1-6,11-13,22H2,(H,23,26)(H,24,27);1H. The van der Waals surface area contributed by atoms with Gasteiger partial charge < -0.3 is 21.3 Å². The van der Waals surface area contributed by atoms with Crippen LogP contribution in [0.25, 0.3) is 0 Å². The van der Waals surface area contributed by atoms with Crippen LogP contribution in [0, 0.1) is 17.8 Å². The number of nitrogens with one attached hydrogen (secondary N) is 2. The number of urea groups is 1. The summed E-state index contributed by atoms with van der Waals surface area (Å²) in [7, 11) is 0. The molecular formula is C21H31ClN4O2. The highest BCUT2D eigenvalue weighted by Crippen LogP contribution is 2.47. The number of rotatable bonds is 3. The number of benzene rings is 1. The fourth-order valence-electron chi connectivity index (χ4n) is 5.06. The molecule has 2 bridgehead atoms. The zero-order chi connectivity index (χ0) is 18.8. The molecule has 1 aromatic rings. The van der Waals surface area contributed by atoms with E-state index in [1.165, 1.54) is 19.3 Å². The van der Waals surface area contributed by atoms with Gasteiger partial charge in [-0.2, -0.15) is 0 Å². The summed E-state index contributed by atoms with van der Waals surface area (Å²) in [5, 5.41) is 5.97. The lowest BCUT2D eigenvalue weighted by molar-refractivity contribution is -0.121. The van der Waals surface area contributed by atoms with E-state index in [2.05, 4.69) is 10.6 Å². The third kappa shape index (κ3) is 4.44. The molecule has 3 fully saturated rings. The van der Waals surface area contributed by atoms with E-state index in [-0.39, 0.29) is 36.3 Å². The number of anilines is 2. The number of carbonyl (C=O) groups excluding carboxylic acids is 2. The number of hydrogen-bond acceptors (Lipinski definition) is 3. The van der Waals surface area contributed by atoms with Crippen LogP contribution >= 0.6 is 12.4 Å². The van der Waals surface area contributed by atoms with Crippen molar-refractivity contribution in [2.75, 3.05) is 23.7 Å². The third-order valence-corrected chi connectivity index (χ3v) is 6.58.